The lowest BCUT2D eigenvalue weighted by molar-refractivity contribution is -0.123. The van der Waals surface area contributed by atoms with Gasteiger partial charge in [0.25, 0.3) is 0 Å². The fourth-order valence-electron chi connectivity index (χ4n) is 2.38. The first-order chi connectivity index (χ1) is 8.13. The molecule has 0 saturated heterocycles. The summed E-state index contributed by atoms with van der Waals surface area (Å²) in [6.45, 7) is 6.34. The van der Waals surface area contributed by atoms with Crippen LogP contribution < -0.4 is 10.6 Å². The molecule has 17 heavy (non-hydrogen) atoms. The van der Waals surface area contributed by atoms with Gasteiger partial charge in [0, 0.05) is 13.7 Å². The lowest BCUT2D eigenvalue weighted by atomic mass is 10.1. The maximum atomic E-state index is 11.7. The number of methoxy groups -OCH3 is 1. The zero-order valence-electron chi connectivity index (χ0n) is 11.3. The number of hydrogen-bond donors (Lipinski definition) is 2. The highest BCUT2D eigenvalue weighted by atomic mass is 16.5. The first kappa shape index (κ1) is 14.5. The molecule has 1 fully saturated rings. The van der Waals surface area contributed by atoms with Gasteiger partial charge < -0.3 is 15.4 Å². The molecule has 0 radical (unpaired) electrons. The van der Waals surface area contributed by atoms with Gasteiger partial charge in [-0.1, -0.05) is 13.3 Å². The Balaban J connectivity index is 2.11. The van der Waals surface area contributed by atoms with Crippen LogP contribution in [-0.2, 0) is 9.53 Å². The summed E-state index contributed by atoms with van der Waals surface area (Å²) in [7, 11) is 1.63. The smallest absolute Gasteiger partial charge is 0.236 e. The number of amides is 1. The van der Waals surface area contributed by atoms with Gasteiger partial charge in [-0.25, -0.2) is 0 Å². The van der Waals surface area contributed by atoms with Crippen molar-refractivity contribution in [1.29, 1.82) is 0 Å². The monoisotopic (exact) mass is 242 g/mol. The lowest BCUT2D eigenvalue weighted by Gasteiger charge is -2.17. The fourth-order valence-corrected chi connectivity index (χ4v) is 2.38. The van der Waals surface area contributed by atoms with Gasteiger partial charge in [0.2, 0.25) is 5.91 Å². The summed E-state index contributed by atoms with van der Waals surface area (Å²) in [6.07, 6.45) is 3.93. The molecule has 3 unspecified atom stereocenters. The Bertz CT molecular complexity index is 233. The van der Waals surface area contributed by atoms with E-state index in [4.69, 9.17) is 4.74 Å². The number of rotatable bonds is 7. The van der Waals surface area contributed by atoms with E-state index in [0.717, 1.165) is 18.4 Å². The maximum absolute atomic E-state index is 11.7. The second-order valence-electron chi connectivity index (χ2n) is 5.20. The molecule has 0 aromatic carbocycles. The lowest BCUT2D eigenvalue weighted by Crippen LogP contribution is -2.44. The fraction of sp³-hybridized carbons (Fsp3) is 0.923. The normalized spacial score (nSPS) is 25.8. The molecule has 100 valence electrons. The standard InChI is InChI=1S/C13H26N2O2/c1-10-4-5-12(8-10)9-15-11(2)13(16)14-6-7-17-3/h10-12,15H,4-9H2,1-3H3,(H,14,16). The Hall–Kier alpha value is -0.610. The molecule has 0 bridgehead atoms. The van der Waals surface area contributed by atoms with Crippen LogP contribution >= 0.6 is 0 Å². The molecule has 1 aliphatic rings. The van der Waals surface area contributed by atoms with E-state index in [2.05, 4.69) is 17.6 Å². The van der Waals surface area contributed by atoms with Crippen molar-refractivity contribution in [3.63, 3.8) is 0 Å². The van der Waals surface area contributed by atoms with Crippen molar-refractivity contribution in [2.24, 2.45) is 11.8 Å². The summed E-state index contributed by atoms with van der Waals surface area (Å²) in [5.74, 6) is 1.67. The molecule has 0 heterocycles. The van der Waals surface area contributed by atoms with Gasteiger partial charge in [-0.15, -0.1) is 0 Å². The molecule has 0 aromatic heterocycles. The zero-order valence-corrected chi connectivity index (χ0v) is 11.3. The van der Waals surface area contributed by atoms with Crippen LogP contribution in [-0.4, -0.2) is 38.8 Å². The molecule has 4 nitrogen and oxygen atoms in total. The quantitative estimate of drug-likeness (QED) is 0.659. The van der Waals surface area contributed by atoms with Gasteiger partial charge in [-0.3, -0.25) is 4.79 Å². The third-order valence-electron chi connectivity index (χ3n) is 3.51. The first-order valence-corrected chi connectivity index (χ1v) is 6.63. The largest absolute Gasteiger partial charge is 0.383 e. The van der Waals surface area contributed by atoms with Crippen molar-refractivity contribution in [2.45, 2.75) is 39.2 Å². The second kappa shape index (κ2) is 7.67. The third kappa shape index (κ3) is 5.50. The van der Waals surface area contributed by atoms with Crippen LogP contribution in [0.3, 0.4) is 0 Å². The van der Waals surface area contributed by atoms with Gasteiger partial charge in [-0.05, 0) is 38.1 Å². The summed E-state index contributed by atoms with van der Waals surface area (Å²) in [5, 5.41) is 6.16. The van der Waals surface area contributed by atoms with Crippen molar-refractivity contribution in [3.05, 3.63) is 0 Å². The molecule has 1 aliphatic carbocycles. The topological polar surface area (TPSA) is 50.4 Å². The van der Waals surface area contributed by atoms with E-state index in [-0.39, 0.29) is 11.9 Å². The Morgan fingerprint density at radius 1 is 1.47 bits per heavy atom. The van der Waals surface area contributed by atoms with Crippen LogP contribution in [0.2, 0.25) is 0 Å². The number of nitrogens with one attached hydrogen (secondary N) is 2. The molecule has 1 saturated carbocycles. The second-order valence-corrected chi connectivity index (χ2v) is 5.20. The minimum absolute atomic E-state index is 0.0631. The minimum atomic E-state index is -0.109. The van der Waals surface area contributed by atoms with Crippen LogP contribution in [0.25, 0.3) is 0 Å². The molecule has 0 spiro atoms. The predicted molar refractivity (Wildman–Crippen MR) is 68.9 cm³/mol. The highest BCUT2D eigenvalue weighted by molar-refractivity contribution is 5.81. The Kier molecular flexibility index (Phi) is 6.52. The maximum Gasteiger partial charge on any atom is 0.236 e. The average molecular weight is 242 g/mol. The van der Waals surface area contributed by atoms with Crippen LogP contribution in [0.4, 0.5) is 0 Å². The Labute approximate surface area is 104 Å². The van der Waals surface area contributed by atoms with E-state index in [1.807, 2.05) is 6.92 Å². The zero-order chi connectivity index (χ0) is 12.7. The van der Waals surface area contributed by atoms with Crippen LogP contribution in [0, 0.1) is 11.8 Å². The Morgan fingerprint density at radius 3 is 2.82 bits per heavy atom. The van der Waals surface area contributed by atoms with Crippen molar-refractivity contribution < 1.29 is 9.53 Å². The van der Waals surface area contributed by atoms with E-state index in [9.17, 15) is 4.79 Å². The highest BCUT2D eigenvalue weighted by Gasteiger charge is 2.22. The van der Waals surface area contributed by atoms with E-state index in [1.54, 1.807) is 7.11 Å². The Morgan fingerprint density at radius 2 is 2.24 bits per heavy atom. The molecule has 1 amide bonds. The minimum Gasteiger partial charge on any atom is -0.383 e. The summed E-state index contributed by atoms with van der Waals surface area (Å²) in [6, 6.07) is -0.109. The van der Waals surface area contributed by atoms with E-state index in [1.165, 1.54) is 19.3 Å². The summed E-state index contributed by atoms with van der Waals surface area (Å²) < 4.78 is 4.89. The van der Waals surface area contributed by atoms with Gasteiger partial charge in [0.1, 0.15) is 0 Å². The molecular formula is C13H26N2O2. The van der Waals surface area contributed by atoms with Gasteiger partial charge >= 0.3 is 0 Å². The average Bonchev–Trinajstić information content (AvgIpc) is 2.72. The molecule has 2 N–H and O–H groups in total. The number of ether oxygens (including phenoxy) is 1. The van der Waals surface area contributed by atoms with Crippen molar-refractivity contribution in [2.75, 3.05) is 26.8 Å². The van der Waals surface area contributed by atoms with Crippen molar-refractivity contribution in [3.8, 4) is 0 Å². The van der Waals surface area contributed by atoms with Crippen molar-refractivity contribution in [1.82, 2.24) is 10.6 Å². The van der Waals surface area contributed by atoms with Gasteiger partial charge in [0.05, 0.1) is 12.6 Å². The number of hydrogen-bond acceptors (Lipinski definition) is 3. The SMILES string of the molecule is COCCNC(=O)C(C)NCC1CCC(C)C1. The van der Waals surface area contributed by atoms with E-state index >= 15 is 0 Å². The highest BCUT2D eigenvalue weighted by Crippen LogP contribution is 2.29. The molecule has 1 rings (SSSR count). The molecule has 0 aliphatic heterocycles. The van der Waals surface area contributed by atoms with Crippen LogP contribution in [0.1, 0.15) is 33.1 Å². The molecular weight excluding hydrogens is 216 g/mol. The predicted octanol–water partition coefficient (Wildman–Crippen LogP) is 1.16. The van der Waals surface area contributed by atoms with E-state index in [0.29, 0.717) is 13.2 Å². The van der Waals surface area contributed by atoms with E-state index < -0.39 is 0 Å². The number of carbonyl (C=O) groups excluding carboxylic acids is 1. The summed E-state index contributed by atoms with van der Waals surface area (Å²) in [5.41, 5.74) is 0. The number of carbonyl (C=O) groups is 1. The van der Waals surface area contributed by atoms with Gasteiger partial charge in [0.15, 0.2) is 0 Å². The summed E-state index contributed by atoms with van der Waals surface area (Å²) in [4.78, 5) is 11.7. The summed E-state index contributed by atoms with van der Waals surface area (Å²) >= 11 is 0. The molecule has 3 atom stereocenters. The first-order valence-electron chi connectivity index (χ1n) is 6.63. The third-order valence-corrected chi connectivity index (χ3v) is 3.51. The van der Waals surface area contributed by atoms with Crippen molar-refractivity contribution >= 4 is 5.91 Å². The van der Waals surface area contributed by atoms with Crippen LogP contribution in [0.5, 0.6) is 0 Å². The van der Waals surface area contributed by atoms with Gasteiger partial charge in [-0.2, -0.15) is 0 Å². The molecule has 0 aromatic rings. The molecule has 4 heteroatoms. The van der Waals surface area contributed by atoms with Crippen LogP contribution in [0.15, 0.2) is 0 Å².